The number of amides is 1. The van der Waals surface area contributed by atoms with Gasteiger partial charge in [-0.2, -0.15) is 5.10 Å². The maximum atomic E-state index is 12.1. The first-order valence-electron chi connectivity index (χ1n) is 8.54. The molecule has 0 unspecified atom stereocenters. The molecule has 0 aliphatic carbocycles. The van der Waals surface area contributed by atoms with Crippen LogP contribution in [0.3, 0.4) is 0 Å². The minimum atomic E-state index is -0.259. The number of rotatable bonds is 8. The molecule has 1 N–H and O–H groups in total. The largest absolute Gasteiger partial charge is 0.490 e. The van der Waals surface area contributed by atoms with Crippen LogP contribution in [-0.2, 0) is 0 Å². The van der Waals surface area contributed by atoms with E-state index in [1.165, 1.54) is 0 Å². The van der Waals surface area contributed by atoms with Gasteiger partial charge in [-0.1, -0.05) is 24.6 Å². The molecule has 26 heavy (non-hydrogen) atoms. The maximum absolute atomic E-state index is 12.1. The molecule has 2 aromatic carbocycles. The number of hydrazone groups is 1. The molecular formula is C20H23BrN2O3. The fourth-order valence-corrected chi connectivity index (χ4v) is 2.60. The van der Waals surface area contributed by atoms with Gasteiger partial charge in [0.15, 0.2) is 11.5 Å². The summed E-state index contributed by atoms with van der Waals surface area (Å²) < 4.78 is 12.2. The average molecular weight is 419 g/mol. The van der Waals surface area contributed by atoms with Gasteiger partial charge in [0.2, 0.25) is 0 Å². The third-order valence-corrected chi connectivity index (χ3v) is 4.19. The first-order valence-corrected chi connectivity index (χ1v) is 9.33. The number of hydrogen-bond acceptors (Lipinski definition) is 4. The summed E-state index contributed by atoms with van der Waals surface area (Å²) in [5.74, 6) is 1.07. The number of aryl methyl sites for hydroxylation is 1. The van der Waals surface area contributed by atoms with Crippen molar-refractivity contribution in [1.29, 1.82) is 0 Å². The molecule has 0 saturated carbocycles. The lowest BCUT2D eigenvalue weighted by atomic mass is 10.1. The second-order valence-corrected chi connectivity index (χ2v) is 6.52. The molecule has 0 radical (unpaired) electrons. The first-order chi connectivity index (χ1) is 12.5. The fraction of sp³-hybridized carbons (Fsp3) is 0.300. The number of carbonyl (C=O) groups excluding carboxylic acids is 1. The predicted molar refractivity (Wildman–Crippen MR) is 107 cm³/mol. The summed E-state index contributed by atoms with van der Waals surface area (Å²) in [4.78, 5) is 12.1. The number of nitrogens with zero attached hydrogens (tertiary/aromatic N) is 1. The number of carbonyl (C=O) groups is 1. The summed E-state index contributed by atoms with van der Waals surface area (Å²) in [6.07, 6.45) is 2.49. The van der Waals surface area contributed by atoms with Gasteiger partial charge in [-0.05, 0) is 60.5 Å². The molecule has 0 heterocycles. The summed E-state index contributed by atoms with van der Waals surface area (Å²) in [7, 11) is 0. The lowest BCUT2D eigenvalue weighted by Gasteiger charge is -2.13. The molecule has 0 aliphatic rings. The molecule has 5 nitrogen and oxygen atoms in total. The average Bonchev–Trinajstić information content (AvgIpc) is 2.63. The van der Waals surface area contributed by atoms with Crippen molar-refractivity contribution in [3.05, 3.63) is 57.6 Å². The molecule has 138 valence electrons. The quantitative estimate of drug-likeness (QED) is 0.498. The van der Waals surface area contributed by atoms with Gasteiger partial charge in [0.25, 0.3) is 5.91 Å². The highest BCUT2D eigenvalue weighted by Gasteiger charge is 2.10. The van der Waals surface area contributed by atoms with E-state index in [0.717, 1.165) is 22.0 Å². The van der Waals surface area contributed by atoms with E-state index in [0.29, 0.717) is 30.3 Å². The highest BCUT2D eigenvalue weighted by Crippen LogP contribution is 2.33. The number of nitrogens with one attached hydrogen (secondary N) is 1. The molecule has 0 atom stereocenters. The van der Waals surface area contributed by atoms with E-state index in [4.69, 9.17) is 9.47 Å². The van der Waals surface area contributed by atoms with Crippen molar-refractivity contribution in [2.45, 2.75) is 27.2 Å². The second kappa shape index (κ2) is 9.97. The summed E-state index contributed by atoms with van der Waals surface area (Å²) in [5, 5.41) is 4.04. The fourth-order valence-electron chi connectivity index (χ4n) is 2.17. The van der Waals surface area contributed by atoms with Gasteiger partial charge in [0.05, 0.1) is 19.4 Å². The van der Waals surface area contributed by atoms with Crippen molar-refractivity contribution >= 4 is 28.1 Å². The monoisotopic (exact) mass is 418 g/mol. The molecule has 2 rings (SSSR count). The summed E-state index contributed by atoms with van der Waals surface area (Å²) >= 11 is 3.50. The van der Waals surface area contributed by atoms with Crippen molar-refractivity contribution in [3.8, 4) is 11.5 Å². The van der Waals surface area contributed by atoms with Crippen LogP contribution in [0.4, 0.5) is 0 Å². The van der Waals surface area contributed by atoms with Gasteiger partial charge < -0.3 is 9.47 Å². The van der Waals surface area contributed by atoms with Crippen LogP contribution in [0.5, 0.6) is 11.5 Å². The summed E-state index contributed by atoms with van der Waals surface area (Å²) in [6.45, 7) is 7.09. The lowest BCUT2D eigenvalue weighted by Crippen LogP contribution is -2.17. The van der Waals surface area contributed by atoms with Crippen molar-refractivity contribution in [2.24, 2.45) is 5.10 Å². The number of ether oxygens (including phenoxy) is 2. The number of benzene rings is 2. The molecule has 6 heteroatoms. The van der Waals surface area contributed by atoms with E-state index in [-0.39, 0.29) is 5.91 Å². The van der Waals surface area contributed by atoms with Crippen LogP contribution >= 0.6 is 15.9 Å². The molecule has 2 aromatic rings. The SMILES string of the molecule is CCCOc1cc(Br)c(/C=N/NC(=O)c2ccc(C)cc2)cc1OCC. The molecule has 0 spiro atoms. The standard InChI is InChI=1S/C20H23BrN2O3/c1-4-10-26-19-12-17(21)16(11-18(19)25-5-2)13-22-23-20(24)15-8-6-14(3)7-9-15/h6-9,11-13H,4-5,10H2,1-3H3,(H,23,24)/b22-13+. The van der Waals surface area contributed by atoms with Crippen LogP contribution in [0, 0.1) is 6.92 Å². The molecule has 0 saturated heterocycles. The van der Waals surface area contributed by atoms with Crippen molar-refractivity contribution in [3.63, 3.8) is 0 Å². The smallest absolute Gasteiger partial charge is 0.271 e. The van der Waals surface area contributed by atoms with Crippen LogP contribution in [0.2, 0.25) is 0 Å². The Morgan fingerprint density at radius 1 is 1.15 bits per heavy atom. The van der Waals surface area contributed by atoms with Crippen molar-refractivity contribution in [1.82, 2.24) is 5.43 Å². The maximum Gasteiger partial charge on any atom is 0.271 e. The lowest BCUT2D eigenvalue weighted by molar-refractivity contribution is 0.0955. The van der Waals surface area contributed by atoms with Gasteiger partial charge in [-0.25, -0.2) is 5.43 Å². The van der Waals surface area contributed by atoms with Gasteiger partial charge in [0.1, 0.15) is 0 Å². The first kappa shape index (κ1) is 20.0. The zero-order chi connectivity index (χ0) is 18.9. The number of hydrogen-bond donors (Lipinski definition) is 1. The topological polar surface area (TPSA) is 59.9 Å². The minimum absolute atomic E-state index is 0.259. The Labute approximate surface area is 162 Å². The van der Waals surface area contributed by atoms with Crippen LogP contribution in [0.1, 0.15) is 41.8 Å². The van der Waals surface area contributed by atoms with Crippen LogP contribution in [-0.4, -0.2) is 25.3 Å². The third-order valence-electron chi connectivity index (χ3n) is 3.51. The Hall–Kier alpha value is -2.34. The molecule has 0 fully saturated rings. The Morgan fingerprint density at radius 2 is 1.85 bits per heavy atom. The van der Waals surface area contributed by atoms with Crippen LogP contribution < -0.4 is 14.9 Å². The summed E-state index contributed by atoms with van der Waals surface area (Å²) in [5.41, 5.74) is 4.97. The van der Waals surface area contributed by atoms with Gasteiger partial charge >= 0.3 is 0 Å². The van der Waals surface area contributed by atoms with E-state index in [9.17, 15) is 4.79 Å². The molecule has 1 amide bonds. The Morgan fingerprint density at radius 3 is 2.50 bits per heavy atom. The van der Waals surface area contributed by atoms with E-state index in [2.05, 4.69) is 26.5 Å². The Bertz CT molecular complexity index is 773. The molecule has 0 bridgehead atoms. The minimum Gasteiger partial charge on any atom is -0.490 e. The zero-order valence-electron chi connectivity index (χ0n) is 15.2. The highest BCUT2D eigenvalue weighted by molar-refractivity contribution is 9.10. The van der Waals surface area contributed by atoms with E-state index in [1.807, 2.05) is 45.0 Å². The van der Waals surface area contributed by atoms with E-state index in [1.54, 1.807) is 18.3 Å². The predicted octanol–water partition coefficient (Wildman–Crippen LogP) is 4.71. The van der Waals surface area contributed by atoms with Gasteiger partial charge in [0, 0.05) is 15.6 Å². The van der Waals surface area contributed by atoms with Crippen LogP contribution in [0.15, 0.2) is 46.0 Å². The molecule has 0 aliphatic heterocycles. The number of halogens is 1. The Kier molecular flexibility index (Phi) is 7.66. The van der Waals surface area contributed by atoms with Crippen molar-refractivity contribution in [2.75, 3.05) is 13.2 Å². The van der Waals surface area contributed by atoms with E-state index < -0.39 is 0 Å². The third kappa shape index (κ3) is 5.59. The van der Waals surface area contributed by atoms with E-state index >= 15 is 0 Å². The van der Waals surface area contributed by atoms with Gasteiger partial charge in [-0.15, -0.1) is 0 Å². The van der Waals surface area contributed by atoms with Crippen LogP contribution in [0.25, 0.3) is 0 Å². The second-order valence-electron chi connectivity index (χ2n) is 5.67. The molecular weight excluding hydrogens is 396 g/mol. The summed E-state index contributed by atoms with van der Waals surface area (Å²) in [6, 6.07) is 11.0. The highest BCUT2D eigenvalue weighted by atomic mass is 79.9. The van der Waals surface area contributed by atoms with Crippen molar-refractivity contribution < 1.29 is 14.3 Å². The molecule has 0 aromatic heterocycles. The normalized spacial score (nSPS) is 10.8. The Balaban J connectivity index is 2.12. The van der Waals surface area contributed by atoms with Gasteiger partial charge in [-0.3, -0.25) is 4.79 Å². The zero-order valence-corrected chi connectivity index (χ0v) is 16.8.